The normalized spacial score (nSPS) is 38.4. The minimum absolute atomic E-state index is 0.207. The van der Waals surface area contributed by atoms with E-state index in [4.69, 9.17) is 0 Å². The van der Waals surface area contributed by atoms with Gasteiger partial charge in [-0.2, -0.15) is 0 Å². The van der Waals surface area contributed by atoms with Crippen LogP contribution < -0.4 is 10.6 Å². The molecule has 4 saturated heterocycles. The van der Waals surface area contributed by atoms with Crippen molar-refractivity contribution < 1.29 is 9.59 Å². The summed E-state index contributed by atoms with van der Waals surface area (Å²) in [6, 6.07) is 0.569. The maximum absolute atomic E-state index is 11.6. The molecule has 4 rings (SSSR count). The molecule has 4 aliphatic heterocycles. The molecule has 3 unspecified atom stereocenters. The fourth-order valence-corrected chi connectivity index (χ4v) is 5.20. The lowest BCUT2D eigenvalue weighted by molar-refractivity contribution is -0.120. The van der Waals surface area contributed by atoms with Crippen molar-refractivity contribution in [3.05, 3.63) is 0 Å². The molecule has 0 aromatic rings. The van der Waals surface area contributed by atoms with Crippen LogP contribution in [-0.2, 0) is 9.59 Å². The van der Waals surface area contributed by atoms with Crippen molar-refractivity contribution >= 4 is 11.8 Å². The Bertz CT molecular complexity index is 539. The standard InChI is InChI=1S/C18H30N4O2/c1-14(22-7-4-18(13-22)9-16(24)20-11-18)2-5-21-6-3-17(12-21)8-15(23)19-10-17/h14H,2-13H2,1H3,(H,19,23)(H,20,24). The molecule has 6 nitrogen and oxygen atoms in total. The van der Waals surface area contributed by atoms with Gasteiger partial charge in [0.1, 0.15) is 0 Å². The highest BCUT2D eigenvalue weighted by Crippen LogP contribution is 2.38. The van der Waals surface area contributed by atoms with E-state index in [2.05, 4.69) is 27.4 Å². The smallest absolute Gasteiger partial charge is 0.220 e. The lowest BCUT2D eigenvalue weighted by Gasteiger charge is -2.29. The Labute approximate surface area is 144 Å². The minimum atomic E-state index is 0.207. The quantitative estimate of drug-likeness (QED) is 0.770. The first-order valence-electron chi connectivity index (χ1n) is 9.48. The zero-order chi connectivity index (χ0) is 16.8. The fourth-order valence-electron chi connectivity index (χ4n) is 5.20. The van der Waals surface area contributed by atoms with E-state index in [0.717, 1.165) is 58.7 Å². The van der Waals surface area contributed by atoms with E-state index in [9.17, 15) is 9.59 Å². The summed E-state index contributed by atoms with van der Waals surface area (Å²) in [7, 11) is 0. The summed E-state index contributed by atoms with van der Waals surface area (Å²) in [6.07, 6.45) is 4.91. The van der Waals surface area contributed by atoms with E-state index >= 15 is 0 Å². The van der Waals surface area contributed by atoms with Gasteiger partial charge in [0.15, 0.2) is 0 Å². The fraction of sp³-hybridized carbons (Fsp3) is 0.889. The predicted octanol–water partition coefficient (Wildman–Crippen LogP) is 0.189. The molecule has 4 aliphatic rings. The molecule has 4 fully saturated rings. The first-order chi connectivity index (χ1) is 11.5. The van der Waals surface area contributed by atoms with Gasteiger partial charge >= 0.3 is 0 Å². The Morgan fingerprint density at radius 2 is 1.62 bits per heavy atom. The van der Waals surface area contributed by atoms with Crippen molar-refractivity contribution in [1.29, 1.82) is 0 Å². The summed E-state index contributed by atoms with van der Waals surface area (Å²) < 4.78 is 0. The van der Waals surface area contributed by atoms with Gasteiger partial charge < -0.3 is 15.5 Å². The molecule has 0 bridgehead atoms. The van der Waals surface area contributed by atoms with Gasteiger partial charge in [0.2, 0.25) is 11.8 Å². The second-order valence-corrected chi connectivity index (χ2v) is 8.79. The number of hydrogen-bond acceptors (Lipinski definition) is 4. The Hall–Kier alpha value is -1.14. The van der Waals surface area contributed by atoms with Crippen LogP contribution in [0, 0.1) is 10.8 Å². The van der Waals surface area contributed by atoms with Gasteiger partial charge in [0.25, 0.3) is 0 Å². The number of nitrogens with zero attached hydrogens (tertiary/aromatic N) is 2. The molecule has 2 spiro atoms. The summed E-state index contributed by atoms with van der Waals surface area (Å²) >= 11 is 0. The van der Waals surface area contributed by atoms with Crippen LogP contribution in [0.4, 0.5) is 0 Å². The zero-order valence-electron chi connectivity index (χ0n) is 14.8. The summed E-state index contributed by atoms with van der Waals surface area (Å²) in [6.45, 7) is 9.57. The van der Waals surface area contributed by atoms with Gasteiger partial charge in [-0.25, -0.2) is 0 Å². The van der Waals surface area contributed by atoms with Crippen LogP contribution in [0.1, 0.15) is 39.0 Å². The van der Waals surface area contributed by atoms with Crippen molar-refractivity contribution in [2.24, 2.45) is 10.8 Å². The van der Waals surface area contributed by atoms with Crippen LogP contribution in [0.25, 0.3) is 0 Å². The van der Waals surface area contributed by atoms with Crippen molar-refractivity contribution in [2.75, 3.05) is 45.8 Å². The number of carbonyl (C=O) groups excluding carboxylic acids is 2. The van der Waals surface area contributed by atoms with Crippen molar-refractivity contribution in [3.8, 4) is 0 Å². The Balaban J connectivity index is 1.24. The van der Waals surface area contributed by atoms with Crippen molar-refractivity contribution in [1.82, 2.24) is 20.4 Å². The summed E-state index contributed by atoms with van der Waals surface area (Å²) in [5.74, 6) is 0.457. The van der Waals surface area contributed by atoms with Crippen LogP contribution in [0.5, 0.6) is 0 Å². The van der Waals surface area contributed by atoms with E-state index in [1.54, 1.807) is 0 Å². The third-order valence-electron chi connectivity index (χ3n) is 6.86. The molecule has 0 aromatic carbocycles. The second kappa shape index (κ2) is 5.99. The molecule has 0 aliphatic carbocycles. The largest absolute Gasteiger partial charge is 0.355 e. The molecular formula is C18H30N4O2. The Morgan fingerprint density at radius 1 is 1.00 bits per heavy atom. The monoisotopic (exact) mass is 334 g/mol. The highest BCUT2D eigenvalue weighted by Gasteiger charge is 2.45. The average Bonchev–Trinajstić information content (AvgIpc) is 3.30. The number of amides is 2. The zero-order valence-corrected chi connectivity index (χ0v) is 14.8. The lowest BCUT2D eigenvalue weighted by Crippen LogP contribution is -2.37. The van der Waals surface area contributed by atoms with E-state index in [1.807, 2.05) is 0 Å². The van der Waals surface area contributed by atoms with Gasteiger partial charge in [-0.1, -0.05) is 0 Å². The topological polar surface area (TPSA) is 64.7 Å². The third kappa shape index (κ3) is 3.06. The average molecular weight is 334 g/mol. The van der Waals surface area contributed by atoms with Crippen LogP contribution in [0.15, 0.2) is 0 Å². The van der Waals surface area contributed by atoms with Gasteiger partial charge in [-0.05, 0) is 45.8 Å². The van der Waals surface area contributed by atoms with Crippen molar-refractivity contribution in [3.63, 3.8) is 0 Å². The highest BCUT2D eigenvalue weighted by molar-refractivity contribution is 5.79. The molecule has 0 saturated carbocycles. The van der Waals surface area contributed by atoms with Crippen LogP contribution in [-0.4, -0.2) is 73.5 Å². The summed E-state index contributed by atoms with van der Waals surface area (Å²) in [5.41, 5.74) is 0.423. The van der Waals surface area contributed by atoms with E-state index in [0.29, 0.717) is 18.9 Å². The number of likely N-dealkylation sites (tertiary alicyclic amines) is 2. The van der Waals surface area contributed by atoms with Gasteiger partial charge in [0.05, 0.1) is 0 Å². The maximum atomic E-state index is 11.6. The SMILES string of the molecule is CC(CCN1CCC2(CNC(=O)C2)C1)N1CCC2(CNC(=O)C2)C1. The Morgan fingerprint density at radius 3 is 2.25 bits per heavy atom. The minimum Gasteiger partial charge on any atom is -0.355 e. The van der Waals surface area contributed by atoms with Gasteiger partial charge in [-0.15, -0.1) is 0 Å². The molecule has 2 N–H and O–H groups in total. The van der Waals surface area contributed by atoms with Crippen LogP contribution in [0.3, 0.4) is 0 Å². The lowest BCUT2D eigenvalue weighted by atomic mass is 9.86. The van der Waals surface area contributed by atoms with Crippen LogP contribution >= 0.6 is 0 Å². The predicted molar refractivity (Wildman–Crippen MR) is 91.4 cm³/mol. The van der Waals surface area contributed by atoms with E-state index in [-0.39, 0.29) is 22.6 Å². The van der Waals surface area contributed by atoms with E-state index < -0.39 is 0 Å². The highest BCUT2D eigenvalue weighted by atomic mass is 16.2. The molecule has 24 heavy (non-hydrogen) atoms. The molecule has 134 valence electrons. The molecule has 0 radical (unpaired) electrons. The molecule has 4 heterocycles. The third-order valence-corrected chi connectivity index (χ3v) is 6.86. The van der Waals surface area contributed by atoms with Gasteiger partial charge in [-0.3, -0.25) is 14.5 Å². The van der Waals surface area contributed by atoms with Gasteiger partial charge in [0, 0.05) is 55.9 Å². The second-order valence-electron chi connectivity index (χ2n) is 8.79. The van der Waals surface area contributed by atoms with Crippen LogP contribution in [0.2, 0.25) is 0 Å². The molecular weight excluding hydrogens is 304 g/mol. The molecule has 2 amide bonds. The maximum Gasteiger partial charge on any atom is 0.220 e. The van der Waals surface area contributed by atoms with Crippen molar-refractivity contribution in [2.45, 2.75) is 45.1 Å². The molecule has 6 heteroatoms. The summed E-state index contributed by atoms with van der Waals surface area (Å²) in [5, 5.41) is 6.02. The molecule has 0 aromatic heterocycles. The molecule has 3 atom stereocenters. The summed E-state index contributed by atoms with van der Waals surface area (Å²) in [4.78, 5) is 28.2. The number of carbonyl (C=O) groups is 2. The first kappa shape index (κ1) is 16.3. The first-order valence-corrected chi connectivity index (χ1v) is 9.48. The number of rotatable bonds is 4. The number of hydrogen-bond donors (Lipinski definition) is 2. The van der Waals surface area contributed by atoms with E-state index in [1.165, 1.54) is 6.42 Å². The Kier molecular flexibility index (Phi) is 4.07. The number of nitrogens with one attached hydrogen (secondary N) is 2.